The number of carbonyl (C=O) groups is 2. The molecule has 4 unspecified atom stereocenters. The van der Waals surface area contributed by atoms with Crippen LogP contribution in [0.2, 0.25) is 0 Å². The van der Waals surface area contributed by atoms with Crippen molar-refractivity contribution in [2.45, 2.75) is 63.3 Å². The van der Waals surface area contributed by atoms with Crippen LogP contribution in [0.15, 0.2) is 0 Å². The van der Waals surface area contributed by atoms with E-state index in [4.69, 9.17) is 0 Å². The minimum atomic E-state index is -0.330. The van der Waals surface area contributed by atoms with Crippen molar-refractivity contribution in [3.8, 4) is 0 Å². The Labute approximate surface area is 126 Å². The van der Waals surface area contributed by atoms with E-state index < -0.39 is 0 Å². The van der Waals surface area contributed by atoms with Gasteiger partial charge in [-0.3, -0.25) is 9.59 Å². The Balaban J connectivity index is 2.11. The first kappa shape index (κ1) is 15.7. The summed E-state index contributed by atoms with van der Waals surface area (Å²) >= 11 is 1.90. The van der Waals surface area contributed by atoms with E-state index in [1.54, 1.807) is 0 Å². The van der Waals surface area contributed by atoms with Gasteiger partial charge in [0.1, 0.15) is 6.04 Å². The van der Waals surface area contributed by atoms with Crippen LogP contribution in [0.1, 0.15) is 46.0 Å². The third-order valence-corrected chi connectivity index (χ3v) is 5.88. The predicted molar refractivity (Wildman–Crippen MR) is 82.7 cm³/mol. The Hall–Kier alpha value is -0.710. The topological polar surface area (TPSA) is 49.4 Å². The molecule has 5 heteroatoms. The number of amides is 2. The molecule has 2 amide bonds. The highest BCUT2D eigenvalue weighted by Crippen LogP contribution is 2.32. The predicted octanol–water partition coefficient (Wildman–Crippen LogP) is 2.03. The summed E-state index contributed by atoms with van der Waals surface area (Å²) in [5, 5.41) is 3.59. The Morgan fingerprint density at radius 3 is 2.75 bits per heavy atom. The van der Waals surface area contributed by atoms with Crippen molar-refractivity contribution < 1.29 is 9.59 Å². The lowest BCUT2D eigenvalue weighted by Gasteiger charge is -2.31. The van der Waals surface area contributed by atoms with Crippen LogP contribution in [0.25, 0.3) is 0 Å². The van der Waals surface area contributed by atoms with Gasteiger partial charge in [0.05, 0.1) is 0 Å². The number of nitrogens with zero attached hydrogens (tertiary/aromatic N) is 1. The molecule has 1 aliphatic carbocycles. The molecule has 2 rings (SSSR count). The monoisotopic (exact) mass is 298 g/mol. The lowest BCUT2D eigenvalue weighted by Crippen LogP contribution is -2.50. The molecule has 0 aromatic heterocycles. The summed E-state index contributed by atoms with van der Waals surface area (Å²) < 4.78 is 0. The van der Waals surface area contributed by atoms with E-state index in [0.29, 0.717) is 24.3 Å². The van der Waals surface area contributed by atoms with E-state index in [0.717, 1.165) is 19.3 Å². The van der Waals surface area contributed by atoms with Crippen molar-refractivity contribution in [3.05, 3.63) is 0 Å². The number of hydrogen-bond acceptors (Lipinski definition) is 3. The van der Waals surface area contributed by atoms with Gasteiger partial charge < -0.3 is 10.2 Å². The van der Waals surface area contributed by atoms with Crippen LogP contribution in [0, 0.1) is 5.92 Å². The molecule has 114 valence electrons. The smallest absolute Gasteiger partial charge is 0.245 e. The molecule has 0 aromatic carbocycles. The van der Waals surface area contributed by atoms with Gasteiger partial charge in [-0.1, -0.05) is 20.3 Å². The zero-order chi connectivity index (χ0) is 14.7. The van der Waals surface area contributed by atoms with Crippen molar-refractivity contribution in [3.63, 3.8) is 0 Å². The van der Waals surface area contributed by atoms with Gasteiger partial charge in [0, 0.05) is 24.3 Å². The summed E-state index contributed by atoms with van der Waals surface area (Å²) in [6.07, 6.45) is 6.84. The van der Waals surface area contributed by atoms with Crippen molar-refractivity contribution >= 4 is 23.6 Å². The molecule has 2 aliphatic rings. The minimum absolute atomic E-state index is 0.0190. The van der Waals surface area contributed by atoms with E-state index in [1.165, 1.54) is 6.42 Å². The number of nitrogens with one attached hydrogen (secondary N) is 1. The summed E-state index contributed by atoms with van der Waals surface area (Å²) in [7, 11) is 0. The maximum atomic E-state index is 12.8. The maximum absolute atomic E-state index is 12.8. The van der Waals surface area contributed by atoms with Crippen molar-refractivity contribution in [2.24, 2.45) is 5.92 Å². The van der Waals surface area contributed by atoms with Gasteiger partial charge in [0.25, 0.3) is 0 Å². The second-order valence-electron chi connectivity index (χ2n) is 6.04. The number of hydrogen-bond donors (Lipinski definition) is 1. The molecule has 0 aromatic rings. The van der Waals surface area contributed by atoms with Crippen LogP contribution in [-0.2, 0) is 9.59 Å². The fourth-order valence-corrected chi connectivity index (χ4v) is 4.00. The number of carbonyl (C=O) groups excluding carboxylic acids is 2. The van der Waals surface area contributed by atoms with Gasteiger partial charge in [-0.05, 0) is 31.4 Å². The van der Waals surface area contributed by atoms with E-state index in [-0.39, 0.29) is 23.8 Å². The van der Waals surface area contributed by atoms with Crippen LogP contribution < -0.4 is 5.32 Å². The van der Waals surface area contributed by atoms with Crippen molar-refractivity contribution in [2.75, 3.05) is 12.8 Å². The zero-order valence-corrected chi connectivity index (χ0v) is 13.5. The van der Waals surface area contributed by atoms with Crippen LogP contribution in [-0.4, -0.2) is 46.8 Å². The zero-order valence-electron chi connectivity index (χ0n) is 12.7. The summed E-state index contributed by atoms with van der Waals surface area (Å²) in [5.41, 5.74) is 0. The Kier molecular flexibility index (Phi) is 5.35. The highest BCUT2D eigenvalue weighted by atomic mass is 32.2. The standard InChI is InChI=1S/C15H26N2O2S/c1-4-10(2)14-15(19)17(8-7-13(18)16-14)11-5-6-12(9-11)20-3/h10-12,14H,4-9H2,1-3H3,(H,16,18). The number of rotatable bonds is 4. The second-order valence-corrected chi connectivity index (χ2v) is 7.18. The fourth-order valence-electron chi connectivity index (χ4n) is 3.22. The van der Waals surface area contributed by atoms with Crippen LogP contribution in [0.5, 0.6) is 0 Å². The molecule has 1 saturated heterocycles. The first-order valence-electron chi connectivity index (χ1n) is 7.69. The SMILES string of the molecule is CCC(C)C1NC(=O)CCN(C2CCC(SC)C2)C1=O. The van der Waals surface area contributed by atoms with Gasteiger partial charge in [0.15, 0.2) is 0 Å². The third kappa shape index (κ3) is 3.30. The molecule has 1 saturated carbocycles. The molecule has 2 fully saturated rings. The average molecular weight is 298 g/mol. The molecule has 1 N–H and O–H groups in total. The maximum Gasteiger partial charge on any atom is 0.245 e. The molecule has 1 heterocycles. The molecule has 0 spiro atoms. The Bertz CT molecular complexity index is 375. The molecule has 4 atom stereocenters. The highest BCUT2D eigenvalue weighted by molar-refractivity contribution is 7.99. The fraction of sp³-hybridized carbons (Fsp3) is 0.867. The highest BCUT2D eigenvalue weighted by Gasteiger charge is 2.38. The lowest BCUT2D eigenvalue weighted by molar-refractivity contribution is -0.136. The molecular formula is C15H26N2O2S. The summed E-state index contributed by atoms with van der Waals surface area (Å²) in [6.45, 7) is 4.70. The molecule has 0 radical (unpaired) electrons. The Morgan fingerprint density at radius 2 is 2.15 bits per heavy atom. The first-order chi connectivity index (χ1) is 9.56. The normalized spacial score (nSPS) is 33.0. The minimum Gasteiger partial charge on any atom is -0.344 e. The molecule has 0 bridgehead atoms. The van der Waals surface area contributed by atoms with Crippen molar-refractivity contribution in [1.29, 1.82) is 0 Å². The van der Waals surface area contributed by atoms with Crippen LogP contribution >= 0.6 is 11.8 Å². The van der Waals surface area contributed by atoms with Gasteiger partial charge in [0.2, 0.25) is 11.8 Å². The molecule has 4 nitrogen and oxygen atoms in total. The van der Waals surface area contributed by atoms with E-state index in [2.05, 4.69) is 18.5 Å². The third-order valence-electron chi connectivity index (χ3n) is 4.79. The summed E-state index contributed by atoms with van der Waals surface area (Å²) in [5.74, 6) is 0.354. The lowest BCUT2D eigenvalue weighted by atomic mass is 9.97. The van der Waals surface area contributed by atoms with Crippen LogP contribution in [0.4, 0.5) is 0 Å². The Morgan fingerprint density at radius 1 is 1.40 bits per heavy atom. The largest absolute Gasteiger partial charge is 0.344 e. The quantitative estimate of drug-likeness (QED) is 0.864. The van der Waals surface area contributed by atoms with Crippen molar-refractivity contribution in [1.82, 2.24) is 10.2 Å². The average Bonchev–Trinajstić information content (AvgIpc) is 2.87. The summed E-state index contributed by atoms with van der Waals surface area (Å²) in [4.78, 5) is 26.6. The first-order valence-corrected chi connectivity index (χ1v) is 8.98. The van der Waals surface area contributed by atoms with E-state index >= 15 is 0 Å². The van der Waals surface area contributed by atoms with Gasteiger partial charge in [-0.2, -0.15) is 11.8 Å². The number of thioether (sulfide) groups is 1. The van der Waals surface area contributed by atoms with Gasteiger partial charge in [-0.15, -0.1) is 0 Å². The van der Waals surface area contributed by atoms with Gasteiger partial charge in [-0.25, -0.2) is 0 Å². The molecule has 1 aliphatic heterocycles. The van der Waals surface area contributed by atoms with E-state index in [1.807, 2.05) is 23.6 Å². The second kappa shape index (κ2) is 6.83. The van der Waals surface area contributed by atoms with Gasteiger partial charge >= 0.3 is 0 Å². The molecular weight excluding hydrogens is 272 g/mol. The van der Waals surface area contributed by atoms with Crippen LogP contribution in [0.3, 0.4) is 0 Å². The summed E-state index contributed by atoms with van der Waals surface area (Å²) in [6, 6.07) is 0.00235. The molecule has 20 heavy (non-hydrogen) atoms. The van der Waals surface area contributed by atoms with E-state index in [9.17, 15) is 9.59 Å².